The van der Waals surface area contributed by atoms with Crippen LogP contribution in [0.1, 0.15) is 38.8 Å². The van der Waals surface area contributed by atoms with Crippen molar-refractivity contribution in [2.75, 3.05) is 7.11 Å². The number of aromatic nitrogens is 2. The number of rotatable bonds is 2. The average Bonchev–Trinajstić information content (AvgIpc) is 2.34. The van der Waals surface area contributed by atoms with Crippen LogP contribution in [0.5, 0.6) is 5.88 Å². The summed E-state index contributed by atoms with van der Waals surface area (Å²) in [6, 6.07) is 0. The lowest BCUT2D eigenvalue weighted by Gasteiger charge is -2.40. The maximum atomic E-state index is 10.9. The molecule has 0 aliphatic heterocycles. The van der Waals surface area contributed by atoms with Gasteiger partial charge < -0.3 is 9.84 Å². The van der Waals surface area contributed by atoms with E-state index in [1.54, 1.807) is 19.5 Å². The third kappa shape index (κ3) is 2.14. The molecule has 3 atom stereocenters. The summed E-state index contributed by atoms with van der Waals surface area (Å²) in [6.07, 6.45) is 5.95. The minimum atomic E-state index is -0.897. The molecule has 17 heavy (non-hydrogen) atoms. The fraction of sp³-hybridized carbons (Fsp3) is 0.692. The maximum Gasteiger partial charge on any atom is 0.238 e. The molecule has 0 saturated heterocycles. The zero-order chi connectivity index (χ0) is 12.5. The van der Waals surface area contributed by atoms with Gasteiger partial charge in [-0.15, -0.1) is 0 Å². The normalized spacial score (nSPS) is 33.4. The van der Waals surface area contributed by atoms with E-state index in [4.69, 9.17) is 4.74 Å². The Morgan fingerprint density at radius 2 is 2.06 bits per heavy atom. The first kappa shape index (κ1) is 12.3. The van der Waals surface area contributed by atoms with E-state index in [1.807, 2.05) is 0 Å². The van der Waals surface area contributed by atoms with Crippen LogP contribution in [0.25, 0.3) is 0 Å². The zero-order valence-corrected chi connectivity index (χ0v) is 10.7. The number of methoxy groups -OCH3 is 1. The second-order valence-corrected chi connectivity index (χ2v) is 5.12. The summed E-state index contributed by atoms with van der Waals surface area (Å²) < 4.78 is 5.21. The minimum Gasteiger partial charge on any atom is -0.480 e. The molecule has 1 aromatic rings. The van der Waals surface area contributed by atoms with Crippen molar-refractivity contribution in [1.29, 1.82) is 0 Å². The van der Waals surface area contributed by atoms with Crippen molar-refractivity contribution in [3.05, 3.63) is 18.1 Å². The number of hydrogen-bond donors (Lipinski definition) is 1. The van der Waals surface area contributed by atoms with Gasteiger partial charge in [-0.25, -0.2) is 4.98 Å². The second-order valence-electron chi connectivity index (χ2n) is 5.12. The molecule has 0 radical (unpaired) electrons. The summed E-state index contributed by atoms with van der Waals surface area (Å²) in [6.45, 7) is 4.30. The molecule has 1 aliphatic carbocycles. The van der Waals surface area contributed by atoms with Crippen LogP contribution >= 0.6 is 0 Å². The molecule has 0 bridgehead atoms. The predicted molar refractivity (Wildman–Crippen MR) is 64.7 cm³/mol. The standard InChI is InChI=1S/C13H20N2O2/c1-9-4-5-13(16,10(2)8-9)11-12(17-3)15-7-6-14-11/h6-7,9-10,16H,4-5,8H2,1-3H3. The van der Waals surface area contributed by atoms with Crippen molar-refractivity contribution in [2.45, 2.75) is 38.7 Å². The number of nitrogens with zero attached hydrogens (tertiary/aromatic N) is 2. The van der Waals surface area contributed by atoms with Crippen LogP contribution in [0.2, 0.25) is 0 Å². The molecule has 4 heteroatoms. The molecule has 0 spiro atoms. The smallest absolute Gasteiger partial charge is 0.238 e. The molecule has 1 heterocycles. The molecule has 1 saturated carbocycles. The van der Waals surface area contributed by atoms with Gasteiger partial charge in [0.1, 0.15) is 11.3 Å². The maximum absolute atomic E-state index is 10.9. The Bertz CT molecular complexity index is 397. The van der Waals surface area contributed by atoms with Gasteiger partial charge in [-0.2, -0.15) is 0 Å². The fourth-order valence-corrected chi connectivity index (χ4v) is 2.75. The largest absolute Gasteiger partial charge is 0.480 e. The molecule has 4 nitrogen and oxygen atoms in total. The van der Waals surface area contributed by atoms with Crippen molar-refractivity contribution in [3.63, 3.8) is 0 Å². The van der Waals surface area contributed by atoms with Gasteiger partial charge in [0, 0.05) is 12.4 Å². The molecular formula is C13H20N2O2. The van der Waals surface area contributed by atoms with Crippen molar-refractivity contribution >= 4 is 0 Å². The van der Waals surface area contributed by atoms with Gasteiger partial charge in [0.25, 0.3) is 0 Å². The van der Waals surface area contributed by atoms with Gasteiger partial charge in [0.05, 0.1) is 7.11 Å². The van der Waals surface area contributed by atoms with E-state index in [0.29, 0.717) is 17.5 Å². The summed E-state index contributed by atoms with van der Waals surface area (Å²) in [5.74, 6) is 1.28. The predicted octanol–water partition coefficient (Wildman–Crippen LogP) is 2.13. The van der Waals surface area contributed by atoms with E-state index in [-0.39, 0.29) is 5.92 Å². The average molecular weight is 236 g/mol. The molecule has 0 aromatic carbocycles. The number of aliphatic hydroxyl groups is 1. The Labute approximate surface area is 102 Å². The van der Waals surface area contributed by atoms with E-state index < -0.39 is 5.60 Å². The first-order valence-electron chi connectivity index (χ1n) is 6.15. The van der Waals surface area contributed by atoms with E-state index in [9.17, 15) is 5.11 Å². The summed E-state index contributed by atoms with van der Waals surface area (Å²) in [4.78, 5) is 8.41. The van der Waals surface area contributed by atoms with Crippen LogP contribution < -0.4 is 4.74 Å². The summed E-state index contributed by atoms with van der Waals surface area (Å²) in [5, 5.41) is 10.9. The van der Waals surface area contributed by atoms with Crippen LogP contribution in [-0.4, -0.2) is 22.2 Å². The highest BCUT2D eigenvalue weighted by Gasteiger charge is 2.43. The third-order valence-corrected chi connectivity index (χ3v) is 3.86. The van der Waals surface area contributed by atoms with E-state index in [1.165, 1.54) is 0 Å². The first-order valence-corrected chi connectivity index (χ1v) is 6.15. The molecule has 1 aromatic heterocycles. The molecule has 0 amide bonds. The Balaban J connectivity index is 2.37. The summed E-state index contributed by atoms with van der Waals surface area (Å²) in [5.41, 5.74) is -0.312. The molecule has 3 unspecified atom stereocenters. The lowest BCUT2D eigenvalue weighted by atomic mass is 9.70. The second kappa shape index (κ2) is 4.61. The fourth-order valence-electron chi connectivity index (χ4n) is 2.75. The van der Waals surface area contributed by atoms with E-state index in [0.717, 1.165) is 19.3 Å². The highest BCUT2D eigenvalue weighted by molar-refractivity contribution is 5.25. The van der Waals surface area contributed by atoms with Gasteiger partial charge in [0.2, 0.25) is 5.88 Å². The monoisotopic (exact) mass is 236 g/mol. The topological polar surface area (TPSA) is 55.2 Å². The molecule has 2 rings (SSSR count). The van der Waals surface area contributed by atoms with Crippen molar-refractivity contribution in [3.8, 4) is 5.88 Å². The van der Waals surface area contributed by atoms with Crippen molar-refractivity contribution < 1.29 is 9.84 Å². The van der Waals surface area contributed by atoms with E-state index in [2.05, 4.69) is 23.8 Å². The highest BCUT2D eigenvalue weighted by atomic mass is 16.5. The van der Waals surface area contributed by atoms with Crippen molar-refractivity contribution in [2.24, 2.45) is 11.8 Å². The molecule has 94 valence electrons. The molecule has 1 fully saturated rings. The van der Waals surface area contributed by atoms with Crippen LogP contribution in [0.3, 0.4) is 0 Å². The van der Waals surface area contributed by atoms with Gasteiger partial charge in [-0.3, -0.25) is 4.98 Å². The summed E-state index contributed by atoms with van der Waals surface area (Å²) in [7, 11) is 1.56. The van der Waals surface area contributed by atoms with Crippen molar-refractivity contribution in [1.82, 2.24) is 9.97 Å². The van der Waals surface area contributed by atoms with Crippen LogP contribution in [0, 0.1) is 11.8 Å². The van der Waals surface area contributed by atoms with Gasteiger partial charge in [-0.1, -0.05) is 13.8 Å². The molecule has 1 aliphatic rings. The van der Waals surface area contributed by atoms with Gasteiger partial charge in [0.15, 0.2) is 0 Å². The third-order valence-electron chi connectivity index (χ3n) is 3.86. The SMILES string of the molecule is COc1nccnc1C1(O)CCC(C)CC1C. The lowest BCUT2D eigenvalue weighted by molar-refractivity contribution is -0.0641. The van der Waals surface area contributed by atoms with Gasteiger partial charge >= 0.3 is 0 Å². The quantitative estimate of drug-likeness (QED) is 0.854. The van der Waals surface area contributed by atoms with Crippen LogP contribution in [0.15, 0.2) is 12.4 Å². The van der Waals surface area contributed by atoms with Crippen LogP contribution in [0.4, 0.5) is 0 Å². The zero-order valence-electron chi connectivity index (χ0n) is 10.7. The number of ether oxygens (including phenoxy) is 1. The Kier molecular flexibility index (Phi) is 3.33. The van der Waals surface area contributed by atoms with E-state index >= 15 is 0 Å². The lowest BCUT2D eigenvalue weighted by Crippen LogP contribution is -2.39. The minimum absolute atomic E-state index is 0.178. The Hall–Kier alpha value is -1.16. The summed E-state index contributed by atoms with van der Waals surface area (Å²) >= 11 is 0. The first-order chi connectivity index (χ1) is 8.08. The highest BCUT2D eigenvalue weighted by Crippen LogP contribution is 2.44. The number of hydrogen-bond acceptors (Lipinski definition) is 4. The Morgan fingerprint density at radius 1 is 1.35 bits per heavy atom. The van der Waals surface area contributed by atoms with Gasteiger partial charge in [-0.05, 0) is 31.1 Å². The molecular weight excluding hydrogens is 216 g/mol. The molecule has 1 N–H and O–H groups in total. The Morgan fingerprint density at radius 3 is 2.71 bits per heavy atom. The van der Waals surface area contributed by atoms with Crippen LogP contribution in [-0.2, 0) is 5.60 Å².